The van der Waals surface area contributed by atoms with Crippen LogP contribution < -0.4 is 5.32 Å². The molecule has 2 saturated carbocycles. The molecule has 0 radical (unpaired) electrons. The van der Waals surface area contributed by atoms with E-state index >= 15 is 0 Å². The van der Waals surface area contributed by atoms with E-state index in [9.17, 15) is 0 Å². The third-order valence-corrected chi connectivity index (χ3v) is 5.84. The van der Waals surface area contributed by atoms with Gasteiger partial charge in [0.15, 0.2) is 0 Å². The summed E-state index contributed by atoms with van der Waals surface area (Å²) in [7, 11) is 4.01. The largest absolute Gasteiger partial charge is 0.381 e. The molecule has 1 saturated heterocycles. The first-order chi connectivity index (χ1) is 8.79. The maximum absolute atomic E-state index is 6.01. The molecule has 4 atom stereocenters. The van der Waals surface area contributed by atoms with E-state index in [-0.39, 0.29) is 5.60 Å². The van der Waals surface area contributed by atoms with Gasteiger partial charge >= 0.3 is 0 Å². The van der Waals surface area contributed by atoms with Crippen molar-refractivity contribution in [1.29, 1.82) is 0 Å². The molecule has 1 aliphatic heterocycles. The van der Waals surface area contributed by atoms with E-state index in [1.165, 1.54) is 25.7 Å². The number of rotatable bonds is 4. The summed E-state index contributed by atoms with van der Waals surface area (Å²) >= 11 is 0. The smallest absolute Gasteiger partial charge is 0.0877 e. The van der Waals surface area contributed by atoms with Crippen LogP contribution >= 0.6 is 0 Å². The third kappa shape index (κ3) is 2.00. The van der Waals surface area contributed by atoms with E-state index in [4.69, 9.17) is 9.47 Å². The minimum Gasteiger partial charge on any atom is -0.381 e. The van der Waals surface area contributed by atoms with Crippen molar-refractivity contribution in [1.82, 2.24) is 5.32 Å². The highest BCUT2D eigenvalue weighted by Crippen LogP contribution is 2.52. The zero-order valence-electron chi connectivity index (χ0n) is 11.8. The molecule has 0 aromatic heterocycles. The Morgan fingerprint density at radius 1 is 1.22 bits per heavy atom. The van der Waals surface area contributed by atoms with Gasteiger partial charge in [-0.05, 0) is 44.1 Å². The Labute approximate surface area is 111 Å². The minimum atomic E-state index is 0.0160. The molecule has 1 N–H and O–H groups in total. The van der Waals surface area contributed by atoms with Crippen molar-refractivity contribution in [2.75, 3.05) is 27.4 Å². The van der Waals surface area contributed by atoms with Crippen molar-refractivity contribution in [2.24, 2.45) is 17.8 Å². The molecule has 3 rings (SSSR count). The Balaban J connectivity index is 1.77. The first-order valence-corrected chi connectivity index (χ1v) is 7.59. The molecule has 2 aliphatic carbocycles. The van der Waals surface area contributed by atoms with E-state index in [0.29, 0.717) is 6.04 Å². The third-order valence-electron chi connectivity index (χ3n) is 5.84. The van der Waals surface area contributed by atoms with Crippen molar-refractivity contribution >= 4 is 0 Å². The number of methoxy groups -OCH3 is 1. The first-order valence-electron chi connectivity index (χ1n) is 7.59. The average Bonchev–Trinajstić information content (AvgIpc) is 3.03. The van der Waals surface area contributed by atoms with Crippen LogP contribution in [0.15, 0.2) is 0 Å². The van der Waals surface area contributed by atoms with Gasteiger partial charge in [0.25, 0.3) is 0 Å². The Morgan fingerprint density at radius 3 is 2.50 bits per heavy atom. The second kappa shape index (κ2) is 5.10. The van der Waals surface area contributed by atoms with Crippen LogP contribution in [0.25, 0.3) is 0 Å². The number of hydrogen-bond donors (Lipinski definition) is 1. The lowest BCUT2D eigenvalue weighted by Gasteiger charge is -2.46. The molecule has 0 amide bonds. The molecule has 3 nitrogen and oxygen atoms in total. The summed E-state index contributed by atoms with van der Waals surface area (Å²) in [6.07, 6.45) is 7.90. The highest BCUT2D eigenvalue weighted by Gasteiger charge is 2.50. The van der Waals surface area contributed by atoms with Crippen LogP contribution in [-0.4, -0.2) is 39.0 Å². The van der Waals surface area contributed by atoms with Gasteiger partial charge in [-0.3, -0.25) is 0 Å². The summed E-state index contributed by atoms with van der Waals surface area (Å²) in [5, 5.41) is 3.61. The second-order valence-electron chi connectivity index (χ2n) is 6.49. The predicted molar refractivity (Wildman–Crippen MR) is 71.6 cm³/mol. The summed E-state index contributed by atoms with van der Waals surface area (Å²) in [5.74, 6) is 2.78. The molecule has 104 valence electrons. The quantitative estimate of drug-likeness (QED) is 0.833. The highest BCUT2D eigenvalue weighted by molar-refractivity contribution is 5.04. The van der Waals surface area contributed by atoms with E-state index in [1.807, 2.05) is 7.11 Å². The van der Waals surface area contributed by atoms with Gasteiger partial charge in [0.05, 0.1) is 5.60 Å². The predicted octanol–water partition coefficient (Wildman–Crippen LogP) is 2.21. The van der Waals surface area contributed by atoms with Crippen molar-refractivity contribution in [3.05, 3.63) is 0 Å². The fourth-order valence-electron chi connectivity index (χ4n) is 4.93. The number of ether oxygens (including phenoxy) is 2. The maximum atomic E-state index is 6.01. The van der Waals surface area contributed by atoms with Gasteiger partial charge in [-0.25, -0.2) is 0 Å². The lowest BCUT2D eigenvalue weighted by atomic mass is 9.73. The summed E-state index contributed by atoms with van der Waals surface area (Å²) in [5.41, 5.74) is 0.0160. The van der Waals surface area contributed by atoms with Crippen LogP contribution in [0.2, 0.25) is 0 Å². The van der Waals surface area contributed by atoms with Gasteiger partial charge < -0.3 is 14.8 Å². The van der Waals surface area contributed by atoms with Gasteiger partial charge in [0, 0.05) is 39.2 Å². The van der Waals surface area contributed by atoms with E-state index < -0.39 is 0 Å². The van der Waals surface area contributed by atoms with Crippen LogP contribution in [0.5, 0.6) is 0 Å². The van der Waals surface area contributed by atoms with Crippen LogP contribution in [-0.2, 0) is 9.47 Å². The highest BCUT2D eigenvalue weighted by atomic mass is 16.5. The normalized spacial score (nSPS) is 40.0. The Bertz CT molecular complexity index is 288. The molecular weight excluding hydrogens is 226 g/mol. The Hall–Kier alpha value is -0.120. The van der Waals surface area contributed by atoms with Crippen LogP contribution in [0.3, 0.4) is 0 Å². The number of fused-ring (bicyclic) bond motifs is 2. The Kier molecular flexibility index (Phi) is 3.65. The van der Waals surface area contributed by atoms with Gasteiger partial charge in [-0.2, -0.15) is 0 Å². The van der Waals surface area contributed by atoms with E-state index in [0.717, 1.165) is 43.8 Å². The monoisotopic (exact) mass is 253 g/mol. The van der Waals surface area contributed by atoms with Gasteiger partial charge in [0.1, 0.15) is 0 Å². The molecule has 2 bridgehead atoms. The molecular formula is C15H27NO2. The molecule has 0 aromatic rings. The van der Waals surface area contributed by atoms with Crippen molar-refractivity contribution in [3.8, 4) is 0 Å². The topological polar surface area (TPSA) is 30.5 Å². The minimum absolute atomic E-state index is 0.0160. The maximum Gasteiger partial charge on any atom is 0.0877 e. The van der Waals surface area contributed by atoms with Crippen molar-refractivity contribution in [2.45, 2.75) is 50.2 Å². The molecule has 3 heteroatoms. The number of nitrogens with one attached hydrogen (secondary N) is 1. The number of hydrogen-bond acceptors (Lipinski definition) is 3. The van der Waals surface area contributed by atoms with Crippen LogP contribution in [0.1, 0.15) is 38.5 Å². The lowest BCUT2D eigenvalue weighted by Crippen LogP contribution is -2.58. The summed E-state index contributed by atoms with van der Waals surface area (Å²) in [6, 6.07) is 0.515. The standard InChI is InChI=1S/C15H27NO2/c1-16-14(13-10-11-3-4-12(13)9-11)15(17-2)5-7-18-8-6-15/h11-14,16H,3-10H2,1-2H3. The molecule has 3 aliphatic rings. The van der Waals surface area contributed by atoms with Crippen molar-refractivity contribution < 1.29 is 9.47 Å². The number of likely N-dealkylation sites (N-methyl/N-ethyl adjacent to an activating group) is 1. The fourth-order valence-corrected chi connectivity index (χ4v) is 4.93. The fraction of sp³-hybridized carbons (Fsp3) is 1.00. The average molecular weight is 253 g/mol. The zero-order chi connectivity index (χ0) is 12.6. The van der Waals surface area contributed by atoms with Crippen LogP contribution in [0.4, 0.5) is 0 Å². The van der Waals surface area contributed by atoms with Gasteiger partial charge in [0.2, 0.25) is 0 Å². The van der Waals surface area contributed by atoms with Crippen LogP contribution in [0, 0.1) is 17.8 Å². The lowest BCUT2D eigenvalue weighted by molar-refractivity contribution is -0.123. The first kappa shape index (κ1) is 12.9. The molecule has 3 fully saturated rings. The summed E-state index contributed by atoms with van der Waals surface area (Å²) in [4.78, 5) is 0. The van der Waals surface area contributed by atoms with Gasteiger partial charge in [-0.1, -0.05) is 6.42 Å². The SMILES string of the molecule is CNC(C1CC2CCC1C2)C1(OC)CCOCC1. The van der Waals surface area contributed by atoms with E-state index in [1.54, 1.807) is 0 Å². The van der Waals surface area contributed by atoms with Gasteiger partial charge in [-0.15, -0.1) is 0 Å². The van der Waals surface area contributed by atoms with Crippen molar-refractivity contribution in [3.63, 3.8) is 0 Å². The zero-order valence-corrected chi connectivity index (χ0v) is 11.8. The summed E-state index contributed by atoms with van der Waals surface area (Å²) in [6.45, 7) is 1.71. The molecule has 1 heterocycles. The molecule has 4 unspecified atom stereocenters. The molecule has 18 heavy (non-hydrogen) atoms. The Morgan fingerprint density at radius 2 is 2.00 bits per heavy atom. The van der Waals surface area contributed by atoms with E-state index in [2.05, 4.69) is 12.4 Å². The second-order valence-corrected chi connectivity index (χ2v) is 6.49. The molecule has 0 spiro atoms. The molecule has 0 aromatic carbocycles. The summed E-state index contributed by atoms with van der Waals surface area (Å²) < 4.78 is 11.5.